The van der Waals surface area contributed by atoms with Crippen molar-refractivity contribution in [3.63, 3.8) is 0 Å². The van der Waals surface area contributed by atoms with Gasteiger partial charge >= 0.3 is 5.97 Å². The molecule has 0 saturated carbocycles. The fraction of sp³-hybridized carbons (Fsp3) is 0.462. The summed E-state index contributed by atoms with van der Waals surface area (Å²) in [5, 5.41) is 9.79. The third-order valence-corrected chi connectivity index (χ3v) is 2.94. The normalized spacial score (nSPS) is 11.1. The standard InChI is InChI=1S/C13H17N3O2/c1-4-5-10-14-8(2)12-9(6-11(17)18)7-16(3)13(12)15-10/h7H,4-6H2,1-3H3,(H,17,18). The highest BCUT2D eigenvalue weighted by Gasteiger charge is 2.15. The third kappa shape index (κ3) is 2.20. The molecule has 2 aromatic rings. The number of aryl methyl sites for hydroxylation is 3. The minimum absolute atomic E-state index is 0.00860. The number of hydrogen-bond donors (Lipinski definition) is 1. The van der Waals surface area contributed by atoms with E-state index in [2.05, 4.69) is 16.9 Å². The van der Waals surface area contributed by atoms with Crippen LogP contribution in [0.4, 0.5) is 0 Å². The zero-order valence-corrected chi connectivity index (χ0v) is 10.9. The van der Waals surface area contributed by atoms with Gasteiger partial charge in [0.15, 0.2) is 0 Å². The first-order valence-corrected chi connectivity index (χ1v) is 6.06. The molecule has 2 aromatic heterocycles. The molecule has 0 aliphatic heterocycles. The largest absolute Gasteiger partial charge is 0.481 e. The van der Waals surface area contributed by atoms with Crippen LogP contribution in [-0.2, 0) is 24.7 Å². The SMILES string of the molecule is CCCc1nc(C)c2c(CC(=O)O)cn(C)c2n1. The predicted molar refractivity (Wildman–Crippen MR) is 68.6 cm³/mol. The maximum Gasteiger partial charge on any atom is 0.307 e. The van der Waals surface area contributed by atoms with E-state index in [-0.39, 0.29) is 6.42 Å². The maximum absolute atomic E-state index is 10.9. The van der Waals surface area contributed by atoms with Crippen LogP contribution in [0.1, 0.15) is 30.4 Å². The number of carboxylic acids is 1. The molecule has 0 aliphatic rings. The van der Waals surface area contributed by atoms with E-state index in [0.717, 1.165) is 41.0 Å². The van der Waals surface area contributed by atoms with Gasteiger partial charge in [-0.15, -0.1) is 0 Å². The monoisotopic (exact) mass is 247 g/mol. The molecule has 18 heavy (non-hydrogen) atoms. The smallest absolute Gasteiger partial charge is 0.307 e. The first kappa shape index (κ1) is 12.5. The summed E-state index contributed by atoms with van der Waals surface area (Å²) in [4.78, 5) is 19.8. The highest BCUT2D eigenvalue weighted by atomic mass is 16.4. The van der Waals surface area contributed by atoms with Gasteiger partial charge in [-0.25, -0.2) is 9.97 Å². The number of carbonyl (C=O) groups is 1. The summed E-state index contributed by atoms with van der Waals surface area (Å²) in [6, 6.07) is 0. The van der Waals surface area contributed by atoms with Gasteiger partial charge in [0.05, 0.1) is 12.1 Å². The van der Waals surface area contributed by atoms with Crippen LogP contribution in [0, 0.1) is 6.92 Å². The Morgan fingerprint density at radius 2 is 2.17 bits per heavy atom. The van der Waals surface area contributed by atoms with Crippen LogP contribution in [0.15, 0.2) is 6.20 Å². The van der Waals surface area contributed by atoms with Gasteiger partial charge in [0.2, 0.25) is 0 Å². The first-order valence-electron chi connectivity index (χ1n) is 6.06. The van der Waals surface area contributed by atoms with Crippen molar-refractivity contribution in [2.75, 3.05) is 0 Å². The minimum atomic E-state index is -0.834. The second-order valence-corrected chi connectivity index (χ2v) is 4.51. The van der Waals surface area contributed by atoms with E-state index >= 15 is 0 Å². The van der Waals surface area contributed by atoms with Crippen molar-refractivity contribution < 1.29 is 9.90 Å². The predicted octanol–water partition coefficient (Wildman–Crippen LogP) is 1.86. The Labute approximate surface area is 105 Å². The Hall–Kier alpha value is -1.91. The lowest BCUT2D eigenvalue weighted by molar-refractivity contribution is -0.136. The molecule has 0 aromatic carbocycles. The molecule has 1 N–H and O–H groups in total. The number of fused-ring (bicyclic) bond motifs is 1. The van der Waals surface area contributed by atoms with Crippen molar-refractivity contribution in [2.45, 2.75) is 33.1 Å². The summed E-state index contributed by atoms with van der Waals surface area (Å²) < 4.78 is 1.88. The summed E-state index contributed by atoms with van der Waals surface area (Å²) >= 11 is 0. The molecule has 5 heteroatoms. The first-order chi connectivity index (χ1) is 8.52. The average Bonchev–Trinajstić information content (AvgIpc) is 2.55. The van der Waals surface area contributed by atoms with E-state index in [9.17, 15) is 4.79 Å². The van der Waals surface area contributed by atoms with E-state index < -0.39 is 5.97 Å². The Balaban J connectivity index is 2.61. The fourth-order valence-corrected chi connectivity index (χ4v) is 2.24. The molecule has 2 rings (SSSR count). The van der Waals surface area contributed by atoms with Gasteiger partial charge in [0.1, 0.15) is 11.5 Å². The molecule has 0 unspecified atom stereocenters. The van der Waals surface area contributed by atoms with Gasteiger partial charge < -0.3 is 9.67 Å². The quantitative estimate of drug-likeness (QED) is 0.895. The third-order valence-electron chi connectivity index (χ3n) is 2.94. The average molecular weight is 247 g/mol. The van der Waals surface area contributed by atoms with Crippen LogP contribution in [0.2, 0.25) is 0 Å². The Kier molecular flexibility index (Phi) is 3.32. The molecule has 0 fully saturated rings. The zero-order chi connectivity index (χ0) is 13.3. The van der Waals surface area contributed by atoms with Crippen molar-refractivity contribution in [3.8, 4) is 0 Å². The number of carboxylic acid groups (broad SMARTS) is 1. The van der Waals surface area contributed by atoms with E-state index in [4.69, 9.17) is 5.11 Å². The summed E-state index contributed by atoms with van der Waals surface area (Å²) in [5.41, 5.74) is 2.46. The van der Waals surface area contributed by atoms with E-state index in [1.165, 1.54) is 0 Å². The van der Waals surface area contributed by atoms with E-state index in [1.807, 2.05) is 24.7 Å². The van der Waals surface area contributed by atoms with Gasteiger partial charge in [0, 0.05) is 25.1 Å². The molecule has 0 bridgehead atoms. The molecule has 0 saturated heterocycles. The van der Waals surface area contributed by atoms with Gasteiger partial charge in [-0.05, 0) is 18.9 Å². The molecule has 0 amide bonds. The Bertz CT molecular complexity index is 602. The number of nitrogens with zero attached hydrogens (tertiary/aromatic N) is 3. The van der Waals surface area contributed by atoms with Crippen LogP contribution < -0.4 is 0 Å². The zero-order valence-electron chi connectivity index (χ0n) is 10.9. The van der Waals surface area contributed by atoms with Gasteiger partial charge in [0.25, 0.3) is 0 Å². The fourth-order valence-electron chi connectivity index (χ4n) is 2.24. The summed E-state index contributed by atoms with van der Waals surface area (Å²) in [5.74, 6) is -0.00916. The van der Waals surface area contributed by atoms with Crippen LogP contribution in [0.3, 0.4) is 0 Å². The molecular weight excluding hydrogens is 230 g/mol. The van der Waals surface area contributed by atoms with E-state index in [1.54, 1.807) is 0 Å². The summed E-state index contributed by atoms with van der Waals surface area (Å²) in [7, 11) is 1.88. The van der Waals surface area contributed by atoms with Gasteiger partial charge in [-0.2, -0.15) is 0 Å². The molecule has 0 spiro atoms. The van der Waals surface area contributed by atoms with Crippen LogP contribution in [0.25, 0.3) is 11.0 Å². The molecule has 0 atom stereocenters. The lowest BCUT2D eigenvalue weighted by atomic mass is 10.1. The highest BCUT2D eigenvalue weighted by molar-refractivity contribution is 5.86. The van der Waals surface area contributed by atoms with Crippen LogP contribution in [0.5, 0.6) is 0 Å². The molecule has 2 heterocycles. The van der Waals surface area contributed by atoms with E-state index in [0.29, 0.717) is 0 Å². The second kappa shape index (κ2) is 4.76. The highest BCUT2D eigenvalue weighted by Crippen LogP contribution is 2.22. The molecule has 96 valence electrons. The lowest BCUT2D eigenvalue weighted by Gasteiger charge is -2.03. The number of rotatable bonds is 4. The summed E-state index contributed by atoms with van der Waals surface area (Å²) in [6.45, 7) is 4.00. The molecule has 0 aliphatic carbocycles. The topological polar surface area (TPSA) is 68.0 Å². The molecule has 0 radical (unpaired) electrons. The van der Waals surface area contributed by atoms with Crippen molar-refractivity contribution in [2.24, 2.45) is 7.05 Å². The van der Waals surface area contributed by atoms with Gasteiger partial charge in [-0.3, -0.25) is 4.79 Å². The maximum atomic E-state index is 10.9. The molecule has 5 nitrogen and oxygen atoms in total. The van der Waals surface area contributed by atoms with Crippen molar-refractivity contribution in [1.82, 2.24) is 14.5 Å². The van der Waals surface area contributed by atoms with Crippen molar-refractivity contribution in [3.05, 3.63) is 23.3 Å². The number of aromatic nitrogens is 3. The van der Waals surface area contributed by atoms with Crippen LogP contribution in [-0.4, -0.2) is 25.6 Å². The lowest BCUT2D eigenvalue weighted by Crippen LogP contribution is -2.02. The second-order valence-electron chi connectivity index (χ2n) is 4.51. The Morgan fingerprint density at radius 3 is 2.78 bits per heavy atom. The number of aliphatic carboxylic acids is 1. The molecular formula is C13H17N3O2. The Morgan fingerprint density at radius 1 is 1.44 bits per heavy atom. The van der Waals surface area contributed by atoms with Crippen LogP contribution >= 0.6 is 0 Å². The van der Waals surface area contributed by atoms with Gasteiger partial charge in [-0.1, -0.05) is 6.92 Å². The minimum Gasteiger partial charge on any atom is -0.481 e. The van der Waals surface area contributed by atoms with Crippen molar-refractivity contribution >= 4 is 17.0 Å². The summed E-state index contributed by atoms with van der Waals surface area (Å²) in [6.07, 6.45) is 3.68. The number of hydrogen-bond acceptors (Lipinski definition) is 3. The van der Waals surface area contributed by atoms with Crippen molar-refractivity contribution in [1.29, 1.82) is 0 Å².